The Kier molecular flexibility index (Phi) is 5.56. The van der Waals surface area contributed by atoms with E-state index in [0.717, 1.165) is 4.68 Å². The molecule has 0 spiro atoms. The van der Waals surface area contributed by atoms with Crippen LogP contribution < -0.4 is 22.0 Å². The summed E-state index contributed by atoms with van der Waals surface area (Å²) in [6.07, 6.45) is 0. The molecule has 1 aromatic carbocycles. The van der Waals surface area contributed by atoms with Crippen molar-refractivity contribution in [2.24, 2.45) is 0 Å². The number of nitrogens with zero attached hydrogens (tertiary/aromatic N) is 3. The summed E-state index contributed by atoms with van der Waals surface area (Å²) in [6.45, 7) is 0.426. The van der Waals surface area contributed by atoms with Crippen LogP contribution in [0.2, 0.25) is 0 Å². The molecule has 0 saturated heterocycles. The number of carbonyl (C=O) groups excluding carboxylic acids is 2. The van der Waals surface area contributed by atoms with E-state index >= 15 is 0 Å². The summed E-state index contributed by atoms with van der Waals surface area (Å²) >= 11 is 0. The number of nitrogens with one attached hydrogen (secondary N) is 3. The zero-order valence-electron chi connectivity index (χ0n) is 14.8. The standard InChI is InChI=1S/C17H16N6O5/c1-28-9-8-23-13(24)7-6-12(22-23)16(26)20-21-17(27)14-10-4-2-3-5-11(10)15(25)19-18-14/h2-7H,8-9H2,1H3,(H,19,25)(H,20,26)(H,21,27). The summed E-state index contributed by atoms with van der Waals surface area (Å²) in [5, 5.41) is 10.5. The molecular weight excluding hydrogens is 368 g/mol. The Hall–Kier alpha value is -3.86. The second kappa shape index (κ2) is 8.22. The lowest BCUT2D eigenvalue weighted by molar-refractivity contribution is 0.0840. The van der Waals surface area contributed by atoms with Crippen LogP contribution in [0.3, 0.4) is 0 Å². The molecular formula is C17H16N6O5. The maximum Gasteiger partial charge on any atom is 0.290 e. The molecule has 0 radical (unpaired) electrons. The van der Waals surface area contributed by atoms with E-state index in [1.807, 2.05) is 0 Å². The largest absolute Gasteiger partial charge is 0.383 e. The van der Waals surface area contributed by atoms with Crippen molar-refractivity contribution in [2.45, 2.75) is 6.54 Å². The van der Waals surface area contributed by atoms with Gasteiger partial charge in [0.2, 0.25) is 0 Å². The molecule has 0 aliphatic rings. The number of hydrazine groups is 1. The van der Waals surface area contributed by atoms with Crippen molar-refractivity contribution in [3.63, 3.8) is 0 Å². The number of aromatic amines is 1. The number of carbonyl (C=O) groups is 2. The third-order valence-electron chi connectivity index (χ3n) is 3.81. The molecule has 2 aromatic heterocycles. The molecule has 144 valence electrons. The molecule has 0 bridgehead atoms. The van der Waals surface area contributed by atoms with Crippen molar-refractivity contribution < 1.29 is 14.3 Å². The Balaban J connectivity index is 1.75. The van der Waals surface area contributed by atoms with E-state index in [9.17, 15) is 19.2 Å². The van der Waals surface area contributed by atoms with Gasteiger partial charge in [0.05, 0.1) is 18.5 Å². The first-order valence-electron chi connectivity index (χ1n) is 8.16. The van der Waals surface area contributed by atoms with Gasteiger partial charge in [0.15, 0.2) is 11.4 Å². The molecule has 0 atom stereocenters. The molecule has 11 heteroatoms. The summed E-state index contributed by atoms with van der Waals surface area (Å²) in [6, 6.07) is 8.87. The molecule has 3 aromatic rings. The summed E-state index contributed by atoms with van der Waals surface area (Å²) in [5.41, 5.74) is 3.46. The van der Waals surface area contributed by atoms with Gasteiger partial charge in [-0.2, -0.15) is 10.2 Å². The van der Waals surface area contributed by atoms with Gasteiger partial charge >= 0.3 is 0 Å². The molecule has 0 saturated carbocycles. The fourth-order valence-corrected chi connectivity index (χ4v) is 2.43. The van der Waals surface area contributed by atoms with Gasteiger partial charge in [0.1, 0.15) is 0 Å². The number of ether oxygens (including phenoxy) is 1. The highest BCUT2D eigenvalue weighted by atomic mass is 16.5. The van der Waals surface area contributed by atoms with Crippen molar-refractivity contribution in [3.8, 4) is 0 Å². The zero-order chi connectivity index (χ0) is 20.1. The van der Waals surface area contributed by atoms with E-state index in [4.69, 9.17) is 4.74 Å². The smallest absolute Gasteiger partial charge is 0.290 e. The molecule has 0 aliphatic heterocycles. The third kappa shape index (κ3) is 3.94. The van der Waals surface area contributed by atoms with Crippen LogP contribution in [0.1, 0.15) is 21.0 Å². The predicted molar refractivity (Wildman–Crippen MR) is 97.7 cm³/mol. The summed E-state index contributed by atoms with van der Waals surface area (Å²) < 4.78 is 5.96. The van der Waals surface area contributed by atoms with Gasteiger partial charge in [-0.3, -0.25) is 30.0 Å². The second-order valence-corrected chi connectivity index (χ2v) is 5.63. The lowest BCUT2D eigenvalue weighted by Gasteiger charge is -2.09. The highest BCUT2D eigenvalue weighted by Gasteiger charge is 2.16. The fourth-order valence-electron chi connectivity index (χ4n) is 2.43. The SMILES string of the molecule is COCCn1nc(C(=O)NNC(=O)c2n[nH]c(=O)c3ccccc23)ccc1=O. The zero-order valence-corrected chi connectivity index (χ0v) is 14.8. The number of H-pyrrole nitrogens is 1. The number of aromatic nitrogens is 4. The normalized spacial score (nSPS) is 10.6. The lowest BCUT2D eigenvalue weighted by Crippen LogP contribution is -2.43. The van der Waals surface area contributed by atoms with Gasteiger partial charge in [-0.15, -0.1) is 0 Å². The van der Waals surface area contributed by atoms with Crippen LogP contribution in [0.4, 0.5) is 0 Å². The van der Waals surface area contributed by atoms with Crippen LogP contribution in [0.15, 0.2) is 46.0 Å². The molecule has 11 nitrogen and oxygen atoms in total. The van der Waals surface area contributed by atoms with Gasteiger partial charge in [-0.05, 0) is 12.1 Å². The van der Waals surface area contributed by atoms with Gasteiger partial charge in [-0.25, -0.2) is 9.78 Å². The highest BCUT2D eigenvalue weighted by molar-refractivity contribution is 6.05. The average molecular weight is 384 g/mol. The van der Waals surface area contributed by atoms with Crippen molar-refractivity contribution in [3.05, 3.63) is 68.5 Å². The first-order chi connectivity index (χ1) is 13.5. The molecule has 3 rings (SSSR count). The maximum absolute atomic E-state index is 12.4. The van der Waals surface area contributed by atoms with Gasteiger partial charge in [0.25, 0.3) is 22.9 Å². The van der Waals surface area contributed by atoms with Gasteiger partial charge < -0.3 is 4.74 Å². The fraction of sp³-hybridized carbons (Fsp3) is 0.176. The van der Waals surface area contributed by atoms with Gasteiger partial charge in [0, 0.05) is 18.6 Å². The molecule has 2 amide bonds. The highest BCUT2D eigenvalue weighted by Crippen LogP contribution is 2.11. The van der Waals surface area contributed by atoms with Crippen molar-refractivity contribution >= 4 is 22.6 Å². The maximum atomic E-state index is 12.4. The van der Waals surface area contributed by atoms with Crippen LogP contribution in [-0.4, -0.2) is 45.5 Å². The summed E-state index contributed by atoms with van der Waals surface area (Å²) in [5.74, 6) is -1.46. The van der Waals surface area contributed by atoms with Gasteiger partial charge in [-0.1, -0.05) is 18.2 Å². The number of amides is 2. The Morgan fingerprint density at radius 1 is 1.07 bits per heavy atom. The molecule has 3 N–H and O–H groups in total. The number of hydrogen-bond acceptors (Lipinski definition) is 7. The predicted octanol–water partition coefficient (Wildman–Crippen LogP) is -0.799. The minimum absolute atomic E-state index is 0.0616. The van der Waals surface area contributed by atoms with Crippen molar-refractivity contribution in [1.29, 1.82) is 0 Å². The molecule has 0 unspecified atom stereocenters. The number of fused-ring (bicyclic) bond motifs is 1. The number of hydrogen-bond donors (Lipinski definition) is 3. The summed E-state index contributed by atoms with van der Waals surface area (Å²) in [7, 11) is 1.48. The first-order valence-corrected chi connectivity index (χ1v) is 8.16. The molecule has 0 aliphatic carbocycles. The Morgan fingerprint density at radius 2 is 1.79 bits per heavy atom. The van der Waals surface area contributed by atoms with E-state index in [2.05, 4.69) is 26.1 Å². The monoisotopic (exact) mass is 384 g/mol. The van der Waals surface area contributed by atoms with E-state index in [-0.39, 0.29) is 30.1 Å². The van der Waals surface area contributed by atoms with Crippen LogP contribution >= 0.6 is 0 Å². The molecule has 2 heterocycles. The van der Waals surface area contributed by atoms with Crippen molar-refractivity contribution in [2.75, 3.05) is 13.7 Å². The topological polar surface area (TPSA) is 148 Å². The quantitative estimate of drug-likeness (QED) is 0.488. The lowest BCUT2D eigenvalue weighted by atomic mass is 10.1. The Morgan fingerprint density at radius 3 is 2.54 bits per heavy atom. The first kappa shape index (κ1) is 18.9. The minimum atomic E-state index is -0.728. The summed E-state index contributed by atoms with van der Waals surface area (Å²) in [4.78, 5) is 48.1. The average Bonchev–Trinajstić information content (AvgIpc) is 2.71. The van der Waals surface area contributed by atoms with E-state index in [0.29, 0.717) is 10.8 Å². The third-order valence-corrected chi connectivity index (χ3v) is 3.81. The molecule has 0 fully saturated rings. The number of rotatable bonds is 5. The Labute approximate surface area is 157 Å². The van der Waals surface area contributed by atoms with Crippen LogP contribution in [0.5, 0.6) is 0 Å². The Bertz CT molecular complexity index is 1150. The van der Waals surface area contributed by atoms with Crippen LogP contribution in [0, 0.1) is 0 Å². The van der Waals surface area contributed by atoms with Crippen LogP contribution in [0.25, 0.3) is 10.8 Å². The van der Waals surface area contributed by atoms with Crippen molar-refractivity contribution in [1.82, 2.24) is 30.8 Å². The number of benzene rings is 1. The van der Waals surface area contributed by atoms with E-state index in [1.54, 1.807) is 24.3 Å². The number of methoxy groups -OCH3 is 1. The minimum Gasteiger partial charge on any atom is -0.383 e. The second-order valence-electron chi connectivity index (χ2n) is 5.63. The van der Waals surface area contributed by atoms with E-state index in [1.165, 1.54) is 19.2 Å². The van der Waals surface area contributed by atoms with E-state index < -0.39 is 17.4 Å². The molecule has 28 heavy (non-hydrogen) atoms. The van der Waals surface area contributed by atoms with Crippen LogP contribution in [-0.2, 0) is 11.3 Å².